The van der Waals surface area contributed by atoms with E-state index in [-0.39, 0.29) is 27.9 Å². The third-order valence-electron chi connectivity index (χ3n) is 3.62. The quantitative estimate of drug-likeness (QED) is 0.267. The normalized spacial score (nSPS) is 14.7. The van der Waals surface area contributed by atoms with Crippen LogP contribution in [0.2, 0.25) is 0 Å². The van der Waals surface area contributed by atoms with Crippen molar-refractivity contribution in [2.24, 2.45) is 10.7 Å². The van der Waals surface area contributed by atoms with E-state index in [2.05, 4.69) is 4.99 Å². The van der Waals surface area contributed by atoms with Crippen LogP contribution in [-0.4, -0.2) is 29.1 Å². The molecule has 1 aliphatic heterocycles. The van der Waals surface area contributed by atoms with Gasteiger partial charge in [0, 0.05) is 12.1 Å². The zero-order chi connectivity index (χ0) is 20.3. The molecule has 0 saturated heterocycles. The lowest BCUT2D eigenvalue weighted by molar-refractivity contribution is -0.384. The lowest BCUT2D eigenvalue weighted by Crippen LogP contribution is -2.09. The van der Waals surface area contributed by atoms with Crippen molar-refractivity contribution in [3.05, 3.63) is 68.6 Å². The van der Waals surface area contributed by atoms with E-state index in [1.54, 1.807) is 18.2 Å². The maximum Gasteiger partial charge on any atom is 0.343 e. The van der Waals surface area contributed by atoms with E-state index in [4.69, 9.17) is 15.2 Å². The smallest absolute Gasteiger partial charge is 0.343 e. The number of benzene rings is 2. The first-order valence-electron chi connectivity index (χ1n) is 7.80. The van der Waals surface area contributed by atoms with Gasteiger partial charge in [0.15, 0.2) is 16.7 Å². The van der Waals surface area contributed by atoms with E-state index in [1.807, 2.05) is 0 Å². The highest BCUT2D eigenvalue weighted by molar-refractivity contribution is 8.18. The van der Waals surface area contributed by atoms with E-state index in [0.29, 0.717) is 10.5 Å². The standard InChI is InChI=1S/C18H13N3O6S/c1-26-14-7-10(8-15-16(22)20-18(19)28-15)5-6-13(14)27-17(23)11-3-2-4-12(9-11)21(24)25/h2-9H,1H3,(H2,19,20,22)/b15-8-. The van der Waals surface area contributed by atoms with Gasteiger partial charge in [0.1, 0.15) is 0 Å². The molecule has 1 amide bonds. The van der Waals surface area contributed by atoms with Gasteiger partial charge < -0.3 is 15.2 Å². The summed E-state index contributed by atoms with van der Waals surface area (Å²) in [5, 5.41) is 11.0. The minimum atomic E-state index is -0.768. The van der Waals surface area contributed by atoms with Gasteiger partial charge in [0.05, 0.1) is 22.5 Å². The number of rotatable bonds is 5. The third kappa shape index (κ3) is 4.18. The van der Waals surface area contributed by atoms with Gasteiger partial charge in [-0.1, -0.05) is 12.1 Å². The van der Waals surface area contributed by atoms with E-state index >= 15 is 0 Å². The van der Waals surface area contributed by atoms with Crippen LogP contribution >= 0.6 is 11.8 Å². The summed E-state index contributed by atoms with van der Waals surface area (Å²) in [6.07, 6.45) is 1.59. The molecule has 0 saturated carbocycles. The molecule has 2 N–H and O–H groups in total. The van der Waals surface area contributed by atoms with Crippen molar-refractivity contribution < 1.29 is 24.0 Å². The number of non-ortho nitro benzene ring substituents is 1. The summed E-state index contributed by atoms with van der Waals surface area (Å²) >= 11 is 1.06. The van der Waals surface area contributed by atoms with Gasteiger partial charge in [-0.2, -0.15) is 4.99 Å². The van der Waals surface area contributed by atoms with E-state index in [1.165, 1.54) is 31.4 Å². The number of nitro benzene ring substituents is 1. The van der Waals surface area contributed by atoms with Crippen molar-refractivity contribution in [3.63, 3.8) is 0 Å². The van der Waals surface area contributed by atoms with Crippen LogP contribution in [0.3, 0.4) is 0 Å². The monoisotopic (exact) mass is 399 g/mol. The first kappa shape index (κ1) is 19.1. The molecule has 28 heavy (non-hydrogen) atoms. The number of aliphatic imine (C=N–C) groups is 1. The first-order chi connectivity index (χ1) is 13.4. The minimum Gasteiger partial charge on any atom is -0.493 e. The Morgan fingerprint density at radius 2 is 2.04 bits per heavy atom. The molecule has 142 valence electrons. The average Bonchev–Trinajstić information content (AvgIpc) is 2.99. The fraction of sp³-hybridized carbons (Fsp3) is 0.0556. The predicted octanol–water partition coefficient (Wildman–Crippen LogP) is 2.75. The number of nitrogens with two attached hydrogens (primary N) is 1. The van der Waals surface area contributed by atoms with E-state index < -0.39 is 16.8 Å². The van der Waals surface area contributed by atoms with Crippen LogP contribution in [0.5, 0.6) is 11.5 Å². The summed E-state index contributed by atoms with van der Waals surface area (Å²) < 4.78 is 10.5. The summed E-state index contributed by atoms with van der Waals surface area (Å²) in [6, 6.07) is 9.90. The molecule has 0 unspecified atom stereocenters. The number of esters is 1. The molecule has 0 aromatic heterocycles. The number of carbonyl (C=O) groups is 2. The number of hydrogen-bond acceptors (Lipinski definition) is 8. The highest BCUT2D eigenvalue weighted by atomic mass is 32.2. The summed E-state index contributed by atoms with van der Waals surface area (Å²) in [5.74, 6) is -0.821. The van der Waals surface area contributed by atoms with E-state index in [0.717, 1.165) is 17.8 Å². The SMILES string of the molecule is COc1cc(/C=C2\SC(N)=NC2=O)ccc1OC(=O)c1cccc([N+](=O)[O-])c1. The number of carbonyl (C=O) groups excluding carboxylic acids is 2. The Bertz CT molecular complexity index is 1050. The topological polar surface area (TPSA) is 134 Å². The van der Waals surface area contributed by atoms with Crippen molar-refractivity contribution >= 4 is 40.6 Å². The van der Waals surface area contributed by atoms with Crippen LogP contribution in [0.25, 0.3) is 6.08 Å². The van der Waals surface area contributed by atoms with Crippen molar-refractivity contribution in [2.45, 2.75) is 0 Å². The van der Waals surface area contributed by atoms with Gasteiger partial charge in [-0.25, -0.2) is 4.79 Å². The molecule has 0 radical (unpaired) electrons. The van der Waals surface area contributed by atoms with E-state index in [9.17, 15) is 19.7 Å². The molecule has 0 atom stereocenters. The Hall–Kier alpha value is -3.66. The Kier molecular flexibility index (Phi) is 5.41. The molecular weight excluding hydrogens is 386 g/mol. The van der Waals surface area contributed by atoms with Crippen LogP contribution in [0.1, 0.15) is 15.9 Å². The van der Waals surface area contributed by atoms with Crippen LogP contribution in [-0.2, 0) is 4.79 Å². The number of methoxy groups -OCH3 is 1. The largest absolute Gasteiger partial charge is 0.493 e. The Labute approximate surface area is 163 Å². The molecule has 9 nitrogen and oxygen atoms in total. The molecule has 0 fully saturated rings. The lowest BCUT2D eigenvalue weighted by Gasteiger charge is -2.10. The van der Waals surface area contributed by atoms with Crippen LogP contribution in [0.4, 0.5) is 5.69 Å². The number of amidine groups is 1. The molecule has 1 aliphatic rings. The Morgan fingerprint density at radius 3 is 2.68 bits per heavy atom. The highest BCUT2D eigenvalue weighted by Gasteiger charge is 2.20. The summed E-state index contributed by atoms with van der Waals surface area (Å²) in [6.45, 7) is 0. The first-order valence-corrected chi connectivity index (χ1v) is 8.62. The maximum atomic E-state index is 12.3. The van der Waals surface area contributed by atoms with Crippen molar-refractivity contribution in [2.75, 3.05) is 7.11 Å². The average molecular weight is 399 g/mol. The van der Waals surface area contributed by atoms with Crippen molar-refractivity contribution in [1.82, 2.24) is 0 Å². The summed E-state index contributed by atoms with van der Waals surface area (Å²) in [4.78, 5) is 38.2. The predicted molar refractivity (Wildman–Crippen MR) is 103 cm³/mol. The van der Waals surface area contributed by atoms with Crippen LogP contribution < -0.4 is 15.2 Å². The number of nitrogens with zero attached hydrogens (tertiary/aromatic N) is 2. The fourth-order valence-corrected chi connectivity index (χ4v) is 3.02. The molecule has 1 heterocycles. The van der Waals surface area contributed by atoms with Crippen molar-refractivity contribution in [3.8, 4) is 11.5 Å². The molecule has 10 heteroatoms. The van der Waals surface area contributed by atoms with Gasteiger partial charge in [-0.15, -0.1) is 0 Å². The van der Waals surface area contributed by atoms with Crippen LogP contribution in [0.15, 0.2) is 52.4 Å². The van der Waals surface area contributed by atoms with Gasteiger partial charge in [0.25, 0.3) is 11.6 Å². The third-order valence-corrected chi connectivity index (χ3v) is 4.43. The second kappa shape index (κ2) is 7.92. The number of amides is 1. The molecule has 2 aromatic carbocycles. The zero-order valence-electron chi connectivity index (χ0n) is 14.4. The zero-order valence-corrected chi connectivity index (χ0v) is 15.3. The maximum absolute atomic E-state index is 12.3. The van der Waals surface area contributed by atoms with Gasteiger partial charge in [-0.05, 0) is 41.6 Å². The Morgan fingerprint density at radius 1 is 1.25 bits per heavy atom. The summed E-state index contributed by atoms with van der Waals surface area (Å²) in [7, 11) is 1.40. The highest BCUT2D eigenvalue weighted by Crippen LogP contribution is 2.32. The molecule has 3 rings (SSSR count). The molecule has 2 aromatic rings. The molecular formula is C18H13N3O6S. The minimum absolute atomic E-state index is 0.0306. The summed E-state index contributed by atoms with van der Waals surface area (Å²) in [5.41, 5.74) is 5.95. The number of hydrogen-bond donors (Lipinski definition) is 1. The number of ether oxygens (including phenoxy) is 2. The molecule has 0 bridgehead atoms. The van der Waals surface area contributed by atoms with Gasteiger partial charge >= 0.3 is 5.97 Å². The van der Waals surface area contributed by atoms with Gasteiger partial charge in [-0.3, -0.25) is 14.9 Å². The second-order valence-electron chi connectivity index (χ2n) is 5.47. The van der Waals surface area contributed by atoms with Crippen LogP contribution in [0, 0.1) is 10.1 Å². The lowest BCUT2D eigenvalue weighted by atomic mass is 10.1. The number of thioether (sulfide) groups is 1. The fourth-order valence-electron chi connectivity index (χ4n) is 2.34. The van der Waals surface area contributed by atoms with Crippen molar-refractivity contribution in [1.29, 1.82) is 0 Å². The molecule has 0 aliphatic carbocycles. The number of nitro groups is 1. The molecule has 0 spiro atoms. The Balaban J connectivity index is 1.82. The second-order valence-corrected chi connectivity index (χ2v) is 6.54. The van der Waals surface area contributed by atoms with Gasteiger partial charge in [0.2, 0.25) is 0 Å².